The van der Waals surface area contributed by atoms with Gasteiger partial charge in [0.25, 0.3) is 0 Å². The van der Waals surface area contributed by atoms with Crippen LogP contribution in [0.2, 0.25) is 5.15 Å². The van der Waals surface area contributed by atoms with Gasteiger partial charge < -0.3 is 18.9 Å². The van der Waals surface area contributed by atoms with E-state index in [9.17, 15) is 8.42 Å². The molecule has 1 saturated heterocycles. The van der Waals surface area contributed by atoms with Crippen LogP contribution in [0.5, 0.6) is 17.4 Å². The van der Waals surface area contributed by atoms with Gasteiger partial charge in [0.15, 0.2) is 32.1 Å². The number of hydrogen-bond acceptors (Lipinski definition) is 10. The van der Waals surface area contributed by atoms with E-state index in [4.69, 9.17) is 40.5 Å². The van der Waals surface area contributed by atoms with Gasteiger partial charge in [-0.15, -0.1) is 0 Å². The summed E-state index contributed by atoms with van der Waals surface area (Å²) in [5.41, 5.74) is 1.59. The van der Waals surface area contributed by atoms with Gasteiger partial charge in [-0.05, 0) is 38.0 Å². The lowest BCUT2D eigenvalue weighted by molar-refractivity contribution is 0.0983. The SMILES string of the molecule is CCOc1cccc(-c2nc3nc(Cl)c(CS(=O)(=O)C4CCOCC4)nc3n2-c2c(OC)cccc2OC)n1. The van der Waals surface area contributed by atoms with E-state index in [0.29, 0.717) is 67.2 Å². The molecular formula is C26H28ClN5O6S. The van der Waals surface area contributed by atoms with Gasteiger partial charge >= 0.3 is 0 Å². The standard InChI is InChI=1S/C26H28ClN5O6S/c1-4-38-21-10-5-7-17(28-21)25-31-24-26(32(25)22-19(35-2)8-6-9-20(22)36-3)29-18(23(27)30-24)15-39(33,34)16-11-13-37-14-12-16/h5-10,16H,4,11-15H2,1-3H3. The molecule has 0 aliphatic carbocycles. The van der Waals surface area contributed by atoms with E-state index in [1.807, 2.05) is 6.92 Å². The summed E-state index contributed by atoms with van der Waals surface area (Å²) in [4.78, 5) is 18.5. The lowest BCUT2D eigenvalue weighted by atomic mass is 10.2. The third kappa shape index (κ3) is 5.36. The van der Waals surface area contributed by atoms with Gasteiger partial charge in [-0.3, -0.25) is 4.57 Å². The maximum absolute atomic E-state index is 13.3. The zero-order chi connectivity index (χ0) is 27.6. The first-order valence-electron chi connectivity index (χ1n) is 12.4. The molecule has 0 unspecified atom stereocenters. The number of halogens is 1. The van der Waals surface area contributed by atoms with Crippen molar-refractivity contribution >= 4 is 32.7 Å². The maximum atomic E-state index is 13.3. The van der Waals surface area contributed by atoms with E-state index in [1.165, 1.54) is 0 Å². The Bertz CT molecular complexity index is 1580. The van der Waals surface area contributed by atoms with Crippen LogP contribution >= 0.6 is 11.6 Å². The summed E-state index contributed by atoms with van der Waals surface area (Å²) in [7, 11) is -0.481. The van der Waals surface area contributed by atoms with Crippen molar-refractivity contribution in [1.82, 2.24) is 24.5 Å². The zero-order valence-electron chi connectivity index (χ0n) is 21.8. The van der Waals surface area contributed by atoms with Gasteiger partial charge in [-0.25, -0.2) is 28.4 Å². The van der Waals surface area contributed by atoms with Crippen molar-refractivity contribution in [3.8, 4) is 34.6 Å². The van der Waals surface area contributed by atoms with Gasteiger partial charge in [0, 0.05) is 19.3 Å². The Hall–Kier alpha value is -3.48. The number of para-hydroxylation sites is 1. The number of pyridine rings is 1. The molecule has 3 aromatic heterocycles. The number of hydrogen-bond donors (Lipinski definition) is 0. The van der Waals surface area contributed by atoms with Gasteiger partial charge in [0.05, 0.1) is 37.5 Å². The Kier molecular flexibility index (Phi) is 7.87. The molecule has 13 heteroatoms. The zero-order valence-corrected chi connectivity index (χ0v) is 23.3. The fraction of sp³-hybridized carbons (Fsp3) is 0.385. The highest BCUT2D eigenvalue weighted by Crippen LogP contribution is 2.38. The third-order valence-corrected chi connectivity index (χ3v) is 8.87. The second kappa shape index (κ2) is 11.3. The molecule has 1 aromatic carbocycles. The summed E-state index contributed by atoms with van der Waals surface area (Å²) in [5, 5.41) is -0.558. The molecule has 0 amide bonds. The number of sulfone groups is 1. The molecule has 39 heavy (non-hydrogen) atoms. The molecule has 1 aliphatic rings. The monoisotopic (exact) mass is 573 g/mol. The van der Waals surface area contributed by atoms with E-state index in [-0.39, 0.29) is 27.9 Å². The minimum atomic E-state index is -3.56. The summed E-state index contributed by atoms with van der Waals surface area (Å²) in [6.07, 6.45) is 0.857. The Morgan fingerprint density at radius 2 is 1.69 bits per heavy atom. The molecule has 0 spiro atoms. The Morgan fingerprint density at radius 3 is 2.36 bits per heavy atom. The third-order valence-electron chi connectivity index (χ3n) is 6.40. The summed E-state index contributed by atoms with van der Waals surface area (Å²) in [5.74, 6) is 1.38. The van der Waals surface area contributed by atoms with Crippen molar-refractivity contribution in [2.45, 2.75) is 30.8 Å². The average Bonchev–Trinajstić information content (AvgIpc) is 3.31. The maximum Gasteiger partial charge on any atom is 0.213 e. The normalized spacial score (nSPS) is 14.5. The number of nitrogens with zero attached hydrogens (tertiary/aromatic N) is 5. The summed E-state index contributed by atoms with van der Waals surface area (Å²) in [6.45, 7) is 3.12. The lowest BCUT2D eigenvalue weighted by Crippen LogP contribution is -2.30. The van der Waals surface area contributed by atoms with Crippen LogP contribution in [0.15, 0.2) is 36.4 Å². The van der Waals surface area contributed by atoms with E-state index in [0.717, 1.165) is 0 Å². The summed E-state index contributed by atoms with van der Waals surface area (Å²) < 4.78 is 50.5. The number of rotatable bonds is 9. The lowest BCUT2D eigenvalue weighted by Gasteiger charge is -2.22. The highest BCUT2D eigenvalue weighted by atomic mass is 35.5. The minimum Gasteiger partial charge on any atom is -0.494 e. The first-order chi connectivity index (χ1) is 18.9. The summed E-state index contributed by atoms with van der Waals surface area (Å²) >= 11 is 6.49. The Labute approximate surface area is 231 Å². The van der Waals surface area contributed by atoms with Crippen LogP contribution in [0.1, 0.15) is 25.5 Å². The number of imidazole rings is 1. The van der Waals surface area contributed by atoms with Crippen LogP contribution < -0.4 is 14.2 Å². The molecule has 4 aromatic rings. The molecule has 0 bridgehead atoms. The van der Waals surface area contributed by atoms with Crippen LogP contribution in [0.25, 0.3) is 28.5 Å². The molecule has 0 N–H and O–H groups in total. The molecule has 0 saturated carbocycles. The summed E-state index contributed by atoms with van der Waals surface area (Å²) in [6, 6.07) is 10.7. The fourth-order valence-electron chi connectivity index (χ4n) is 4.55. The van der Waals surface area contributed by atoms with Crippen LogP contribution in [-0.4, -0.2) is 72.2 Å². The molecule has 5 rings (SSSR count). The first kappa shape index (κ1) is 27.1. The average molecular weight is 574 g/mol. The smallest absolute Gasteiger partial charge is 0.213 e. The molecule has 11 nitrogen and oxygen atoms in total. The van der Waals surface area contributed by atoms with Crippen LogP contribution in [-0.2, 0) is 20.3 Å². The molecule has 4 heterocycles. The van der Waals surface area contributed by atoms with Crippen molar-refractivity contribution in [3.63, 3.8) is 0 Å². The molecule has 0 radical (unpaired) electrons. The van der Waals surface area contributed by atoms with E-state index >= 15 is 0 Å². The second-order valence-corrected chi connectivity index (χ2v) is 11.4. The van der Waals surface area contributed by atoms with Gasteiger partial charge in [-0.2, -0.15) is 0 Å². The van der Waals surface area contributed by atoms with Gasteiger partial charge in [-0.1, -0.05) is 23.7 Å². The topological polar surface area (TPSA) is 128 Å². The number of aromatic nitrogens is 5. The molecular weight excluding hydrogens is 546 g/mol. The van der Waals surface area contributed by atoms with Crippen LogP contribution in [0.3, 0.4) is 0 Å². The predicted octanol–water partition coefficient (Wildman–Crippen LogP) is 4.04. The van der Waals surface area contributed by atoms with Crippen molar-refractivity contribution < 1.29 is 27.4 Å². The quantitative estimate of drug-likeness (QED) is 0.289. The predicted molar refractivity (Wildman–Crippen MR) is 146 cm³/mol. The van der Waals surface area contributed by atoms with E-state index in [2.05, 4.69) is 9.97 Å². The Balaban J connectivity index is 1.74. The number of benzene rings is 1. The van der Waals surface area contributed by atoms with Crippen molar-refractivity contribution in [2.24, 2.45) is 0 Å². The molecule has 0 atom stereocenters. The second-order valence-electron chi connectivity index (χ2n) is 8.80. The van der Waals surface area contributed by atoms with Crippen LogP contribution in [0.4, 0.5) is 0 Å². The van der Waals surface area contributed by atoms with E-state index in [1.54, 1.807) is 55.2 Å². The molecule has 1 fully saturated rings. The van der Waals surface area contributed by atoms with Crippen LogP contribution in [0, 0.1) is 0 Å². The number of ether oxygens (including phenoxy) is 4. The highest BCUT2D eigenvalue weighted by molar-refractivity contribution is 7.91. The minimum absolute atomic E-state index is 0.0302. The Morgan fingerprint density at radius 1 is 1.00 bits per heavy atom. The van der Waals surface area contributed by atoms with Gasteiger partial charge in [0.1, 0.15) is 22.9 Å². The van der Waals surface area contributed by atoms with E-state index < -0.39 is 15.1 Å². The molecule has 206 valence electrons. The van der Waals surface area contributed by atoms with Crippen molar-refractivity contribution in [1.29, 1.82) is 0 Å². The van der Waals surface area contributed by atoms with Crippen molar-refractivity contribution in [3.05, 3.63) is 47.2 Å². The van der Waals surface area contributed by atoms with Crippen molar-refractivity contribution in [2.75, 3.05) is 34.0 Å². The first-order valence-corrected chi connectivity index (χ1v) is 14.5. The number of fused-ring (bicyclic) bond motifs is 1. The largest absolute Gasteiger partial charge is 0.494 e. The number of methoxy groups -OCH3 is 2. The molecule has 1 aliphatic heterocycles. The van der Waals surface area contributed by atoms with Gasteiger partial charge in [0.2, 0.25) is 5.88 Å². The highest BCUT2D eigenvalue weighted by Gasteiger charge is 2.31. The fourth-order valence-corrected chi connectivity index (χ4v) is 6.54.